The van der Waals surface area contributed by atoms with Crippen LogP contribution in [0.15, 0.2) is 23.1 Å². The molecule has 0 spiro atoms. The van der Waals surface area contributed by atoms with E-state index in [1.807, 2.05) is 0 Å². The van der Waals surface area contributed by atoms with Crippen LogP contribution in [0.5, 0.6) is 0 Å². The van der Waals surface area contributed by atoms with Crippen LogP contribution in [0.2, 0.25) is 0 Å². The summed E-state index contributed by atoms with van der Waals surface area (Å²) in [6, 6.07) is 4.80. The Balaban J connectivity index is 3.31. The summed E-state index contributed by atoms with van der Waals surface area (Å²) < 4.78 is 25.6. The van der Waals surface area contributed by atoms with Gasteiger partial charge < -0.3 is 10.8 Å². The highest BCUT2D eigenvalue weighted by molar-refractivity contribution is 7.89. The number of sulfonamides is 1. The molecule has 1 rings (SSSR count). The molecule has 18 heavy (non-hydrogen) atoms. The van der Waals surface area contributed by atoms with E-state index < -0.39 is 10.0 Å². The first-order chi connectivity index (χ1) is 8.30. The smallest absolute Gasteiger partial charge is 0.243 e. The van der Waals surface area contributed by atoms with Gasteiger partial charge in [0.1, 0.15) is 4.99 Å². The van der Waals surface area contributed by atoms with Crippen molar-refractivity contribution in [2.45, 2.75) is 11.8 Å². The Morgan fingerprint density at radius 2 is 2.11 bits per heavy atom. The molecular formula is C11H16N2O3S2. The lowest BCUT2D eigenvalue weighted by molar-refractivity contribution is 0.266. The number of benzene rings is 1. The van der Waals surface area contributed by atoms with E-state index in [0.717, 1.165) is 4.31 Å². The van der Waals surface area contributed by atoms with Gasteiger partial charge in [-0.25, -0.2) is 8.42 Å². The highest BCUT2D eigenvalue weighted by Gasteiger charge is 2.22. The van der Waals surface area contributed by atoms with E-state index in [-0.39, 0.29) is 23.0 Å². The van der Waals surface area contributed by atoms with Gasteiger partial charge in [0.05, 0.1) is 11.5 Å². The first-order valence-corrected chi connectivity index (χ1v) is 7.13. The average Bonchev–Trinajstić information content (AvgIpc) is 2.29. The summed E-state index contributed by atoms with van der Waals surface area (Å²) in [5.74, 6) is 0. The average molecular weight is 288 g/mol. The quantitative estimate of drug-likeness (QED) is 0.758. The number of nitrogens with zero attached hydrogens (tertiary/aromatic N) is 1. The molecule has 1 aromatic rings. The van der Waals surface area contributed by atoms with Crippen LogP contribution in [-0.4, -0.2) is 43.0 Å². The van der Waals surface area contributed by atoms with E-state index in [2.05, 4.69) is 0 Å². The minimum absolute atomic E-state index is 0.0407. The molecule has 3 N–H and O–H groups in total. The molecule has 100 valence electrons. The van der Waals surface area contributed by atoms with Crippen molar-refractivity contribution in [2.24, 2.45) is 5.73 Å². The normalized spacial score (nSPS) is 11.8. The summed E-state index contributed by atoms with van der Waals surface area (Å²) in [6.07, 6.45) is 0. The lowest BCUT2D eigenvalue weighted by Gasteiger charge is -2.18. The number of aryl methyl sites for hydroxylation is 1. The van der Waals surface area contributed by atoms with Crippen LogP contribution in [-0.2, 0) is 10.0 Å². The molecule has 0 aliphatic rings. The summed E-state index contributed by atoms with van der Waals surface area (Å²) in [4.78, 5) is 0.306. The van der Waals surface area contributed by atoms with Crippen LogP contribution in [0, 0.1) is 6.92 Å². The minimum atomic E-state index is -3.63. The van der Waals surface area contributed by atoms with Gasteiger partial charge >= 0.3 is 0 Å². The fourth-order valence-corrected chi connectivity index (χ4v) is 3.00. The fraction of sp³-hybridized carbons (Fsp3) is 0.364. The van der Waals surface area contributed by atoms with Crippen LogP contribution >= 0.6 is 12.2 Å². The summed E-state index contributed by atoms with van der Waals surface area (Å²) >= 11 is 4.83. The third-order valence-electron chi connectivity index (χ3n) is 2.58. The number of hydrogen-bond donors (Lipinski definition) is 2. The Labute approximate surface area is 112 Å². The molecule has 7 heteroatoms. The van der Waals surface area contributed by atoms with Gasteiger partial charge in [-0.3, -0.25) is 0 Å². The van der Waals surface area contributed by atoms with Crippen LogP contribution in [0.3, 0.4) is 0 Å². The molecule has 5 nitrogen and oxygen atoms in total. The number of hydrogen-bond acceptors (Lipinski definition) is 4. The van der Waals surface area contributed by atoms with Crippen LogP contribution < -0.4 is 5.73 Å². The molecule has 0 aliphatic heterocycles. The zero-order valence-electron chi connectivity index (χ0n) is 10.3. The van der Waals surface area contributed by atoms with Crippen molar-refractivity contribution in [2.75, 3.05) is 20.2 Å². The van der Waals surface area contributed by atoms with Crippen molar-refractivity contribution in [1.29, 1.82) is 0 Å². The summed E-state index contributed by atoms with van der Waals surface area (Å²) in [6.45, 7) is 1.51. The van der Waals surface area contributed by atoms with Crippen molar-refractivity contribution >= 4 is 27.2 Å². The van der Waals surface area contributed by atoms with E-state index >= 15 is 0 Å². The Morgan fingerprint density at radius 1 is 1.50 bits per heavy atom. The van der Waals surface area contributed by atoms with Crippen molar-refractivity contribution in [3.63, 3.8) is 0 Å². The van der Waals surface area contributed by atoms with Gasteiger partial charge in [-0.1, -0.05) is 24.4 Å². The van der Waals surface area contributed by atoms with Gasteiger partial charge in [0.2, 0.25) is 10.0 Å². The molecule has 0 atom stereocenters. The molecule has 1 aromatic carbocycles. The maximum absolute atomic E-state index is 12.2. The van der Waals surface area contributed by atoms with Crippen LogP contribution in [0.1, 0.15) is 11.1 Å². The summed E-state index contributed by atoms with van der Waals surface area (Å²) in [5, 5.41) is 8.81. The van der Waals surface area contributed by atoms with Gasteiger partial charge in [-0.2, -0.15) is 4.31 Å². The predicted octanol–water partition coefficient (Wildman–Crippen LogP) is 0.242. The lowest BCUT2D eigenvalue weighted by Crippen LogP contribution is -2.30. The highest BCUT2D eigenvalue weighted by atomic mass is 32.2. The van der Waals surface area contributed by atoms with E-state index in [1.165, 1.54) is 13.1 Å². The number of likely N-dealkylation sites (N-methyl/N-ethyl adjacent to an activating group) is 1. The van der Waals surface area contributed by atoms with Crippen molar-refractivity contribution < 1.29 is 13.5 Å². The number of aliphatic hydroxyl groups excluding tert-OH is 1. The van der Waals surface area contributed by atoms with E-state index in [4.69, 9.17) is 23.1 Å². The SMILES string of the molecule is Cc1ccc(C(N)=S)cc1S(=O)(=O)N(C)CCO. The third kappa shape index (κ3) is 3.05. The van der Waals surface area contributed by atoms with Gasteiger partial charge in [0.15, 0.2) is 0 Å². The second kappa shape index (κ2) is 5.75. The molecule has 0 fully saturated rings. The lowest BCUT2D eigenvalue weighted by atomic mass is 10.1. The third-order valence-corrected chi connectivity index (χ3v) is 4.81. The number of nitrogens with two attached hydrogens (primary N) is 1. The van der Waals surface area contributed by atoms with Gasteiger partial charge in [-0.15, -0.1) is 0 Å². The second-order valence-corrected chi connectivity index (χ2v) is 6.35. The molecule has 0 aromatic heterocycles. The zero-order valence-corrected chi connectivity index (χ0v) is 11.9. The summed E-state index contributed by atoms with van der Waals surface area (Å²) in [7, 11) is -2.21. The topological polar surface area (TPSA) is 83.6 Å². The predicted molar refractivity (Wildman–Crippen MR) is 74.0 cm³/mol. The maximum Gasteiger partial charge on any atom is 0.243 e. The standard InChI is InChI=1S/C11H16N2O3S2/c1-8-3-4-9(11(12)17)7-10(8)18(15,16)13(2)5-6-14/h3-4,7,14H,5-6H2,1-2H3,(H2,12,17). The molecule has 0 saturated heterocycles. The number of rotatable bonds is 5. The van der Waals surface area contributed by atoms with Crippen LogP contribution in [0.25, 0.3) is 0 Å². The summed E-state index contributed by atoms with van der Waals surface area (Å²) in [5.41, 5.74) is 6.61. The Hall–Kier alpha value is -1.02. The van der Waals surface area contributed by atoms with E-state index in [9.17, 15) is 8.42 Å². The van der Waals surface area contributed by atoms with Crippen molar-refractivity contribution in [1.82, 2.24) is 4.31 Å². The molecule has 0 heterocycles. The molecule has 0 aliphatic carbocycles. The van der Waals surface area contributed by atoms with Crippen molar-refractivity contribution in [3.05, 3.63) is 29.3 Å². The van der Waals surface area contributed by atoms with E-state index in [1.54, 1.807) is 19.1 Å². The fourth-order valence-electron chi connectivity index (χ4n) is 1.46. The van der Waals surface area contributed by atoms with E-state index in [0.29, 0.717) is 11.1 Å². The van der Waals surface area contributed by atoms with Crippen LogP contribution in [0.4, 0.5) is 0 Å². The first-order valence-electron chi connectivity index (χ1n) is 5.28. The largest absolute Gasteiger partial charge is 0.395 e. The zero-order chi connectivity index (χ0) is 13.9. The molecular weight excluding hydrogens is 272 g/mol. The Bertz CT molecular complexity index is 555. The van der Waals surface area contributed by atoms with Gasteiger partial charge in [-0.05, 0) is 18.6 Å². The molecule has 0 bridgehead atoms. The minimum Gasteiger partial charge on any atom is -0.395 e. The molecule has 0 saturated carbocycles. The maximum atomic E-state index is 12.2. The van der Waals surface area contributed by atoms with Gasteiger partial charge in [0, 0.05) is 19.2 Å². The molecule has 0 unspecified atom stereocenters. The number of aliphatic hydroxyl groups is 1. The van der Waals surface area contributed by atoms with Gasteiger partial charge in [0.25, 0.3) is 0 Å². The van der Waals surface area contributed by atoms with Crippen molar-refractivity contribution in [3.8, 4) is 0 Å². The Kier molecular flexibility index (Phi) is 4.80. The molecule has 0 radical (unpaired) electrons. The first kappa shape index (κ1) is 15.0. The highest BCUT2D eigenvalue weighted by Crippen LogP contribution is 2.20. The Morgan fingerprint density at radius 3 is 2.61 bits per heavy atom. The second-order valence-electron chi connectivity index (χ2n) is 3.89. The number of thiocarbonyl (C=S) groups is 1. The monoisotopic (exact) mass is 288 g/mol. The molecule has 0 amide bonds.